The van der Waals surface area contributed by atoms with E-state index in [1.54, 1.807) is 24.7 Å². The quantitative estimate of drug-likeness (QED) is 0.602. The lowest BCUT2D eigenvalue weighted by molar-refractivity contribution is -0.104. The lowest BCUT2D eigenvalue weighted by Crippen LogP contribution is -1.81. The smallest absolute Gasteiger partial charge is 0.147 e. The van der Waals surface area contributed by atoms with E-state index in [2.05, 4.69) is 9.98 Å². The fourth-order valence-electron chi connectivity index (χ4n) is 0.748. The highest BCUT2D eigenvalue weighted by atomic mass is 16.1. The van der Waals surface area contributed by atoms with E-state index < -0.39 is 0 Å². The first-order valence-electron chi connectivity index (χ1n) is 3.92. The average molecular weight is 174 g/mol. The number of aliphatic imine (C=N–C) groups is 1. The SMILES string of the molecule is O=CC1=CC=NC1.c1ccncc1. The summed E-state index contributed by atoms with van der Waals surface area (Å²) in [6, 6.07) is 5.72. The number of carbonyl (C=O) groups excluding carboxylic acids is 1. The molecular formula is C10H10N2O. The topological polar surface area (TPSA) is 42.3 Å². The molecule has 0 bridgehead atoms. The van der Waals surface area contributed by atoms with Crippen molar-refractivity contribution in [3.63, 3.8) is 0 Å². The van der Waals surface area contributed by atoms with Gasteiger partial charge in [0.2, 0.25) is 0 Å². The van der Waals surface area contributed by atoms with E-state index in [1.807, 2.05) is 18.2 Å². The molecule has 2 heterocycles. The van der Waals surface area contributed by atoms with Gasteiger partial charge in [0.05, 0.1) is 6.54 Å². The summed E-state index contributed by atoms with van der Waals surface area (Å²) in [5.41, 5.74) is 0.764. The van der Waals surface area contributed by atoms with Crippen molar-refractivity contribution in [2.24, 2.45) is 4.99 Å². The number of hydrogen-bond donors (Lipinski definition) is 0. The molecule has 0 saturated heterocycles. The van der Waals surface area contributed by atoms with E-state index >= 15 is 0 Å². The van der Waals surface area contributed by atoms with Crippen LogP contribution >= 0.6 is 0 Å². The Labute approximate surface area is 76.8 Å². The Morgan fingerprint density at radius 1 is 1.23 bits per heavy atom. The van der Waals surface area contributed by atoms with E-state index in [1.165, 1.54) is 0 Å². The first-order chi connectivity index (χ1) is 6.43. The molecule has 1 aliphatic rings. The third-order valence-corrected chi connectivity index (χ3v) is 1.39. The van der Waals surface area contributed by atoms with Crippen LogP contribution in [-0.2, 0) is 4.79 Å². The normalized spacial score (nSPS) is 12.8. The van der Waals surface area contributed by atoms with Gasteiger partial charge in [-0.2, -0.15) is 0 Å². The van der Waals surface area contributed by atoms with Crippen molar-refractivity contribution in [3.8, 4) is 0 Å². The van der Waals surface area contributed by atoms with Crippen molar-refractivity contribution < 1.29 is 4.79 Å². The van der Waals surface area contributed by atoms with Crippen LogP contribution in [0.5, 0.6) is 0 Å². The molecule has 0 fully saturated rings. The second kappa shape index (κ2) is 5.83. The van der Waals surface area contributed by atoms with E-state index in [0.29, 0.717) is 6.54 Å². The van der Waals surface area contributed by atoms with Crippen molar-refractivity contribution >= 4 is 12.5 Å². The summed E-state index contributed by atoms with van der Waals surface area (Å²) in [5, 5.41) is 0. The average Bonchev–Trinajstić information content (AvgIpc) is 2.74. The summed E-state index contributed by atoms with van der Waals surface area (Å²) in [6.07, 6.45) is 7.68. The standard InChI is InChI=1S/C5H5NO.C5H5N/c7-4-5-1-2-6-3-5;1-2-4-6-5-3-1/h1-2,4H,3H2;1-5H. The Morgan fingerprint density at radius 2 is 2.00 bits per heavy atom. The van der Waals surface area contributed by atoms with E-state index in [0.717, 1.165) is 11.9 Å². The van der Waals surface area contributed by atoms with Gasteiger partial charge in [-0.3, -0.25) is 14.8 Å². The van der Waals surface area contributed by atoms with Crippen LogP contribution in [0.25, 0.3) is 0 Å². The maximum Gasteiger partial charge on any atom is 0.147 e. The van der Waals surface area contributed by atoms with Gasteiger partial charge in [-0.1, -0.05) is 6.07 Å². The van der Waals surface area contributed by atoms with Crippen LogP contribution in [0, 0.1) is 0 Å². The minimum Gasteiger partial charge on any atom is -0.298 e. The van der Waals surface area contributed by atoms with Crippen molar-refractivity contribution in [1.82, 2.24) is 4.98 Å². The molecule has 0 unspecified atom stereocenters. The molecule has 0 N–H and O–H groups in total. The Hall–Kier alpha value is -1.77. The molecule has 0 saturated carbocycles. The van der Waals surface area contributed by atoms with Gasteiger partial charge in [0.15, 0.2) is 0 Å². The summed E-state index contributed by atoms with van der Waals surface area (Å²) in [7, 11) is 0. The summed E-state index contributed by atoms with van der Waals surface area (Å²) >= 11 is 0. The van der Waals surface area contributed by atoms with Gasteiger partial charge in [-0.15, -0.1) is 0 Å². The molecule has 0 spiro atoms. The van der Waals surface area contributed by atoms with Crippen molar-refractivity contribution in [2.75, 3.05) is 6.54 Å². The maximum atomic E-state index is 9.86. The van der Waals surface area contributed by atoms with Gasteiger partial charge in [0.25, 0.3) is 0 Å². The molecule has 0 radical (unpaired) electrons. The molecule has 13 heavy (non-hydrogen) atoms. The number of hydrogen-bond acceptors (Lipinski definition) is 3. The van der Waals surface area contributed by atoms with Crippen molar-refractivity contribution in [2.45, 2.75) is 0 Å². The second-order valence-electron chi connectivity index (χ2n) is 2.37. The first-order valence-corrected chi connectivity index (χ1v) is 3.92. The predicted molar refractivity (Wildman–Crippen MR) is 51.7 cm³/mol. The fraction of sp³-hybridized carbons (Fsp3) is 0.100. The molecule has 3 heteroatoms. The third kappa shape index (κ3) is 3.96. The molecular weight excluding hydrogens is 164 g/mol. The van der Waals surface area contributed by atoms with Gasteiger partial charge >= 0.3 is 0 Å². The van der Waals surface area contributed by atoms with Crippen LogP contribution in [0.4, 0.5) is 0 Å². The van der Waals surface area contributed by atoms with Crippen LogP contribution < -0.4 is 0 Å². The Kier molecular flexibility index (Phi) is 4.18. The van der Waals surface area contributed by atoms with Gasteiger partial charge in [0.1, 0.15) is 6.29 Å². The zero-order valence-corrected chi connectivity index (χ0v) is 7.13. The highest BCUT2D eigenvalue weighted by Crippen LogP contribution is 1.93. The maximum absolute atomic E-state index is 9.86. The molecule has 1 aromatic heterocycles. The third-order valence-electron chi connectivity index (χ3n) is 1.39. The molecule has 1 aliphatic heterocycles. The van der Waals surface area contributed by atoms with Crippen LogP contribution in [0.3, 0.4) is 0 Å². The zero-order valence-electron chi connectivity index (χ0n) is 7.13. The van der Waals surface area contributed by atoms with Crippen LogP contribution in [0.15, 0.2) is 47.2 Å². The zero-order chi connectivity index (χ0) is 9.36. The predicted octanol–water partition coefficient (Wildman–Crippen LogP) is 1.28. The minimum atomic E-state index is 0.573. The van der Waals surface area contributed by atoms with Gasteiger partial charge in [0, 0.05) is 24.2 Å². The van der Waals surface area contributed by atoms with E-state index in [9.17, 15) is 4.79 Å². The summed E-state index contributed by atoms with van der Waals surface area (Å²) in [6.45, 7) is 0.573. The molecule has 0 atom stereocenters. The molecule has 0 amide bonds. The monoisotopic (exact) mass is 174 g/mol. The number of allylic oxidation sites excluding steroid dienone is 1. The lowest BCUT2D eigenvalue weighted by atomic mass is 10.3. The molecule has 2 rings (SSSR count). The number of aldehydes is 1. The van der Waals surface area contributed by atoms with E-state index in [-0.39, 0.29) is 0 Å². The number of carbonyl (C=O) groups is 1. The molecule has 66 valence electrons. The largest absolute Gasteiger partial charge is 0.298 e. The van der Waals surface area contributed by atoms with Crippen LogP contribution in [0.2, 0.25) is 0 Å². The van der Waals surface area contributed by atoms with Crippen molar-refractivity contribution in [1.29, 1.82) is 0 Å². The Balaban J connectivity index is 0.000000132. The fourth-order valence-corrected chi connectivity index (χ4v) is 0.748. The number of rotatable bonds is 1. The summed E-state index contributed by atoms with van der Waals surface area (Å²) < 4.78 is 0. The van der Waals surface area contributed by atoms with Crippen molar-refractivity contribution in [3.05, 3.63) is 42.2 Å². The summed E-state index contributed by atoms with van der Waals surface area (Å²) in [5.74, 6) is 0. The van der Waals surface area contributed by atoms with Gasteiger partial charge < -0.3 is 0 Å². The lowest BCUT2D eigenvalue weighted by Gasteiger charge is -1.77. The number of pyridine rings is 1. The molecule has 0 aliphatic carbocycles. The Bertz CT molecular complexity index is 277. The summed E-state index contributed by atoms with van der Waals surface area (Å²) in [4.78, 5) is 17.4. The molecule has 0 aromatic carbocycles. The highest BCUT2D eigenvalue weighted by molar-refractivity contribution is 5.87. The Morgan fingerprint density at radius 3 is 2.23 bits per heavy atom. The first kappa shape index (κ1) is 9.32. The van der Waals surface area contributed by atoms with Crippen LogP contribution in [-0.4, -0.2) is 24.0 Å². The van der Waals surface area contributed by atoms with E-state index in [4.69, 9.17) is 0 Å². The molecule has 3 nitrogen and oxygen atoms in total. The molecule has 1 aromatic rings. The number of nitrogens with zero attached hydrogens (tertiary/aromatic N) is 2. The minimum absolute atomic E-state index is 0.573. The second-order valence-corrected chi connectivity index (χ2v) is 2.37. The van der Waals surface area contributed by atoms with Gasteiger partial charge in [-0.05, 0) is 18.2 Å². The number of aromatic nitrogens is 1. The van der Waals surface area contributed by atoms with Crippen LogP contribution in [0.1, 0.15) is 0 Å². The highest BCUT2D eigenvalue weighted by Gasteiger charge is 1.93. The van der Waals surface area contributed by atoms with Gasteiger partial charge in [-0.25, -0.2) is 0 Å².